The fourth-order valence-corrected chi connectivity index (χ4v) is 5.10. The highest BCUT2D eigenvalue weighted by Crippen LogP contribution is 2.32. The highest BCUT2D eigenvalue weighted by Gasteiger charge is 2.53. The van der Waals surface area contributed by atoms with E-state index in [1.807, 2.05) is 6.92 Å². The number of rotatable bonds is 15. The standard InChI is InChI=1S/C26H47NO17/c1-2-3-5-14(31)27-6-4-7-39-24-20(37)18(35)22(13(10-30)42-24)43-26-21(38)23(16(33)12(9-29)41-26)44-25-19(36)17(34)15(32)11(8-28)40-25/h11-13,15-26,28-30,32-38H,2-10H2,1H3,(H,27,31)/t11?,12?,13?,15-,16+,17?,18?,19?,20?,21?,22-,23?,24+,25-,26?/m0/s1. The van der Waals surface area contributed by atoms with Crippen LogP contribution in [0.5, 0.6) is 0 Å². The quantitative estimate of drug-likeness (QED) is 0.0739. The fraction of sp³-hybridized carbons (Fsp3) is 0.962. The number of hydrogen-bond acceptors (Lipinski definition) is 17. The Morgan fingerprint density at radius 2 is 1.18 bits per heavy atom. The fourth-order valence-electron chi connectivity index (χ4n) is 5.10. The highest BCUT2D eigenvalue weighted by atomic mass is 16.8. The van der Waals surface area contributed by atoms with Crippen molar-refractivity contribution in [2.45, 2.75) is 125 Å². The van der Waals surface area contributed by atoms with Crippen molar-refractivity contribution in [2.24, 2.45) is 0 Å². The van der Waals surface area contributed by atoms with Gasteiger partial charge in [-0.15, -0.1) is 0 Å². The van der Waals surface area contributed by atoms with Crippen LogP contribution >= 0.6 is 0 Å². The van der Waals surface area contributed by atoms with Crippen molar-refractivity contribution >= 4 is 5.91 Å². The van der Waals surface area contributed by atoms with Gasteiger partial charge >= 0.3 is 0 Å². The molecule has 1 amide bonds. The summed E-state index contributed by atoms with van der Waals surface area (Å²) in [5.74, 6) is -0.0968. The molecule has 3 aliphatic heterocycles. The van der Waals surface area contributed by atoms with Crippen LogP contribution in [-0.4, -0.2) is 182 Å². The van der Waals surface area contributed by atoms with Gasteiger partial charge in [0.25, 0.3) is 0 Å². The smallest absolute Gasteiger partial charge is 0.219 e. The molecule has 0 spiro atoms. The molecule has 0 aliphatic carbocycles. The molecular formula is C26H47NO17. The van der Waals surface area contributed by atoms with Crippen molar-refractivity contribution in [3.05, 3.63) is 0 Å². The summed E-state index contributed by atoms with van der Waals surface area (Å²) in [5, 5.41) is 105. The number of ether oxygens (including phenoxy) is 6. The summed E-state index contributed by atoms with van der Waals surface area (Å²) in [4.78, 5) is 11.7. The summed E-state index contributed by atoms with van der Waals surface area (Å²) >= 11 is 0. The molecule has 18 heteroatoms. The predicted octanol–water partition coefficient (Wildman–Crippen LogP) is -5.85. The zero-order chi connectivity index (χ0) is 32.6. The lowest BCUT2D eigenvalue weighted by molar-refractivity contribution is -0.380. The van der Waals surface area contributed by atoms with Gasteiger partial charge in [-0.2, -0.15) is 0 Å². The molecule has 0 aromatic heterocycles. The molecule has 15 atom stereocenters. The summed E-state index contributed by atoms with van der Waals surface area (Å²) in [7, 11) is 0. The van der Waals surface area contributed by atoms with Crippen LogP contribution in [0, 0.1) is 0 Å². The Morgan fingerprint density at radius 3 is 1.80 bits per heavy atom. The largest absolute Gasteiger partial charge is 0.394 e. The van der Waals surface area contributed by atoms with Crippen molar-refractivity contribution in [1.82, 2.24) is 5.32 Å². The van der Waals surface area contributed by atoms with Gasteiger partial charge in [0.2, 0.25) is 5.91 Å². The van der Waals surface area contributed by atoms with E-state index in [-0.39, 0.29) is 12.5 Å². The first-order chi connectivity index (χ1) is 21.0. The van der Waals surface area contributed by atoms with Gasteiger partial charge in [0.1, 0.15) is 73.2 Å². The number of aliphatic hydroxyl groups excluding tert-OH is 10. The average Bonchev–Trinajstić information content (AvgIpc) is 3.02. The lowest BCUT2D eigenvalue weighted by atomic mass is 9.96. The van der Waals surface area contributed by atoms with Gasteiger partial charge in [0.15, 0.2) is 18.9 Å². The first kappa shape index (κ1) is 37.3. The van der Waals surface area contributed by atoms with Crippen LogP contribution in [-0.2, 0) is 33.2 Å². The molecule has 3 saturated heterocycles. The maximum absolute atomic E-state index is 11.7. The summed E-state index contributed by atoms with van der Waals surface area (Å²) in [6.07, 6.45) is -22.3. The monoisotopic (exact) mass is 645 g/mol. The second-order valence-electron chi connectivity index (χ2n) is 11.0. The lowest BCUT2D eigenvalue weighted by Gasteiger charge is -2.48. The van der Waals surface area contributed by atoms with Crippen molar-refractivity contribution in [3.8, 4) is 0 Å². The Hall–Kier alpha value is -1.17. The zero-order valence-electron chi connectivity index (χ0n) is 24.4. The SMILES string of the molecule is CCCCC(=O)NCCCO[C@@H]1OC(CO)[C@H](OC2OC(CO)[C@@H](O)C(O[C@@H]3OC(CO)[C@H](O)C(O)C3O)C2O)C(O)C1O. The number of carbonyl (C=O) groups is 1. The third kappa shape index (κ3) is 9.00. The molecule has 3 fully saturated rings. The maximum Gasteiger partial charge on any atom is 0.219 e. The summed E-state index contributed by atoms with van der Waals surface area (Å²) in [6, 6.07) is 0. The van der Waals surface area contributed by atoms with Crippen LogP contribution in [0.15, 0.2) is 0 Å². The molecular weight excluding hydrogens is 598 g/mol. The van der Waals surface area contributed by atoms with Gasteiger partial charge in [-0.05, 0) is 12.8 Å². The predicted molar refractivity (Wildman–Crippen MR) is 142 cm³/mol. The van der Waals surface area contributed by atoms with Crippen molar-refractivity contribution in [1.29, 1.82) is 0 Å². The van der Waals surface area contributed by atoms with E-state index >= 15 is 0 Å². The molecule has 3 heterocycles. The average molecular weight is 646 g/mol. The van der Waals surface area contributed by atoms with E-state index in [9.17, 15) is 55.9 Å². The van der Waals surface area contributed by atoms with Gasteiger partial charge in [-0.1, -0.05) is 13.3 Å². The van der Waals surface area contributed by atoms with E-state index in [1.54, 1.807) is 0 Å². The molecule has 0 radical (unpaired) electrons. The molecule has 0 aromatic rings. The van der Waals surface area contributed by atoms with Crippen LogP contribution in [0.2, 0.25) is 0 Å². The minimum atomic E-state index is -1.91. The van der Waals surface area contributed by atoms with Gasteiger partial charge < -0.3 is 84.8 Å². The van der Waals surface area contributed by atoms with Crippen molar-refractivity contribution < 1.29 is 84.3 Å². The summed E-state index contributed by atoms with van der Waals surface area (Å²) in [5.41, 5.74) is 0. The molecule has 11 N–H and O–H groups in total. The normalized spacial score (nSPS) is 43.1. The second kappa shape index (κ2) is 17.7. The van der Waals surface area contributed by atoms with Gasteiger partial charge in [0.05, 0.1) is 26.4 Å². The molecule has 0 aromatic carbocycles. The van der Waals surface area contributed by atoms with Crippen LogP contribution in [0.25, 0.3) is 0 Å². The molecule has 0 saturated carbocycles. The first-order valence-corrected chi connectivity index (χ1v) is 14.7. The maximum atomic E-state index is 11.7. The third-order valence-electron chi connectivity index (χ3n) is 7.76. The van der Waals surface area contributed by atoms with E-state index in [0.717, 1.165) is 12.8 Å². The third-order valence-corrected chi connectivity index (χ3v) is 7.76. The number of carbonyl (C=O) groups excluding carboxylic acids is 1. The topological polar surface area (TPSA) is 287 Å². The lowest BCUT2D eigenvalue weighted by Crippen LogP contribution is -2.66. The minimum Gasteiger partial charge on any atom is -0.394 e. The van der Waals surface area contributed by atoms with Crippen molar-refractivity contribution in [2.75, 3.05) is 33.0 Å². The van der Waals surface area contributed by atoms with E-state index in [1.165, 1.54) is 0 Å². The second-order valence-corrected chi connectivity index (χ2v) is 11.0. The van der Waals surface area contributed by atoms with E-state index < -0.39 is 112 Å². The van der Waals surface area contributed by atoms with Crippen LogP contribution in [0.1, 0.15) is 32.6 Å². The highest BCUT2D eigenvalue weighted by molar-refractivity contribution is 5.75. The Bertz CT molecular complexity index is 853. The van der Waals surface area contributed by atoms with Crippen molar-refractivity contribution in [3.63, 3.8) is 0 Å². The molecule has 3 rings (SSSR count). The molecule has 0 bridgehead atoms. The van der Waals surface area contributed by atoms with Crippen LogP contribution < -0.4 is 5.32 Å². The number of aliphatic hydroxyl groups is 10. The Balaban J connectivity index is 1.62. The van der Waals surface area contributed by atoms with Gasteiger partial charge in [0, 0.05) is 13.0 Å². The molecule has 10 unspecified atom stereocenters. The molecule has 258 valence electrons. The van der Waals surface area contributed by atoms with Crippen LogP contribution in [0.4, 0.5) is 0 Å². The minimum absolute atomic E-state index is 0.0314. The summed E-state index contributed by atoms with van der Waals surface area (Å²) < 4.78 is 33.0. The Kier molecular flexibility index (Phi) is 15.0. The number of amides is 1. The van der Waals surface area contributed by atoms with Gasteiger partial charge in [-0.25, -0.2) is 0 Å². The Morgan fingerprint density at radius 1 is 0.636 bits per heavy atom. The molecule has 18 nitrogen and oxygen atoms in total. The Labute approximate surface area is 253 Å². The number of unbranched alkanes of at least 4 members (excludes halogenated alkanes) is 1. The number of hydrogen-bond donors (Lipinski definition) is 11. The van der Waals surface area contributed by atoms with E-state index in [0.29, 0.717) is 19.4 Å². The summed E-state index contributed by atoms with van der Waals surface area (Å²) in [6.45, 7) is 0.00179. The first-order valence-electron chi connectivity index (χ1n) is 14.7. The molecule has 44 heavy (non-hydrogen) atoms. The number of nitrogens with one attached hydrogen (secondary N) is 1. The van der Waals surface area contributed by atoms with E-state index in [2.05, 4.69) is 5.32 Å². The van der Waals surface area contributed by atoms with Crippen LogP contribution in [0.3, 0.4) is 0 Å². The van der Waals surface area contributed by atoms with E-state index in [4.69, 9.17) is 28.4 Å². The van der Waals surface area contributed by atoms with Gasteiger partial charge in [-0.3, -0.25) is 4.79 Å². The zero-order valence-corrected chi connectivity index (χ0v) is 24.4. The molecule has 3 aliphatic rings.